The van der Waals surface area contributed by atoms with Crippen LogP contribution in [0.1, 0.15) is 31.4 Å². The van der Waals surface area contributed by atoms with Crippen molar-refractivity contribution in [1.29, 1.82) is 0 Å². The quantitative estimate of drug-likeness (QED) is 0.859. The number of pyridine rings is 1. The fourth-order valence-corrected chi connectivity index (χ4v) is 3.55. The van der Waals surface area contributed by atoms with Crippen molar-refractivity contribution in [2.24, 2.45) is 0 Å². The van der Waals surface area contributed by atoms with Gasteiger partial charge in [-0.3, -0.25) is 0 Å². The maximum Gasteiger partial charge on any atom is 0.106 e. The minimum absolute atomic E-state index is 0.669. The van der Waals surface area contributed by atoms with E-state index in [1.807, 2.05) is 23.9 Å². The van der Waals surface area contributed by atoms with Crippen LogP contribution in [-0.2, 0) is 6.54 Å². The van der Waals surface area contributed by atoms with Crippen molar-refractivity contribution >= 4 is 27.7 Å². The Morgan fingerprint density at radius 2 is 2.35 bits per heavy atom. The number of nitrogens with one attached hydrogen (secondary N) is 1. The minimum Gasteiger partial charge on any atom is -0.308 e. The van der Waals surface area contributed by atoms with Crippen molar-refractivity contribution in [1.82, 2.24) is 10.3 Å². The Labute approximate surface area is 116 Å². The van der Waals surface area contributed by atoms with Crippen LogP contribution in [0.3, 0.4) is 0 Å². The molecule has 0 saturated heterocycles. The first-order valence-corrected chi connectivity index (χ1v) is 8.23. The van der Waals surface area contributed by atoms with Crippen LogP contribution in [0, 0.1) is 0 Å². The number of aromatic nitrogens is 1. The van der Waals surface area contributed by atoms with E-state index in [9.17, 15) is 0 Å². The summed E-state index contributed by atoms with van der Waals surface area (Å²) in [6, 6.07) is 6.75. The molecular weight excluding hydrogens is 296 g/mol. The van der Waals surface area contributed by atoms with Gasteiger partial charge in [-0.25, -0.2) is 4.98 Å². The van der Waals surface area contributed by atoms with Crippen LogP contribution in [0.4, 0.5) is 0 Å². The molecule has 94 valence electrons. The van der Waals surface area contributed by atoms with E-state index < -0.39 is 0 Å². The number of halogens is 1. The molecule has 1 N–H and O–H groups in total. The first-order valence-electron chi connectivity index (χ1n) is 6.15. The molecule has 1 aliphatic carbocycles. The van der Waals surface area contributed by atoms with Crippen LogP contribution < -0.4 is 5.32 Å². The molecule has 4 heteroatoms. The summed E-state index contributed by atoms with van der Waals surface area (Å²) in [5.41, 5.74) is 1.12. The second-order valence-corrected chi connectivity index (χ2v) is 6.50. The molecule has 0 aliphatic heterocycles. The lowest BCUT2D eigenvalue weighted by molar-refractivity contribution is 0.378. The van der Waals surface area contributed by atoms with Gasteiger partial charge in [0.05, 0.1) is 5.69 Å². The van der Waals surface area contributed by atoms with E-state index in [1.54, 1.807) is 0 Å². The van der Waals surface area contributed by atoms with Gasteiger partial charge in [-0.2, -0.15) is 11.8 Å². The van der Waals surface area contributed by atoms with Gasteiger partial charge in [0, 0.05) is 17.8 Å². The maximum atomic E-state index is 4.45. The largest absolute Gasteiger partial charge is 0.308 e. The molecule has 2 rings (SSSR count). The summed E-state index contributed by atoms with van der Waals surface area (Å²) in [6.07, 6.45) is 7.58. The number of thioether (sulfide) groups is 1. The fourth-order valence-electron chi connectivity index (χ4n) is 2.34. The van der Waals surface area contributed by atoms with Gasteiger partial charge in [-0.15, -0.1) is 0 Å². The minimum atomic E-state index is 0.669. The zero-order valence-electron chi connectivity index (χ0n) is 10.2. The molecule has 0 amide bonds. The molecule has 1 aromatic rings. The van der Waals surface area contributed by atoms with Crippen LogP contribution in [0.15, 0.2) is 22.8 Å². The third kappa shape index (κ3) is 4.27. The summed E-state index contributed by atoms with van der Waals surface area (Å²) >= 11 is 5.42. The van der Waals surface area contributed by atoms with Gasteiger partial charge >= 0.3 is 0 Å². The highest BCUT2D eigenvalue weighted by atomic mass is 79.9. The molecule has 1 aromatic heterocycles. The number of nitrogens with zero attached hydrogens (tertiary/aromatic N) is 1. The lowest BCUT2D eigenvalue weighted by Gasteiger charge is -2.28. The molecule has 1 aliphatic rings. The highest BCUT2D eigenvalue weighted by Gasteiger charge is 2.20. The predicted molar refractivity (Wildman–Crippen MR) is 78.3 cm³/mol. The molecule has 0 radical (unpaired) electrons. The van der Waals surface area contributed by atoms with Crippen molar-refractivity contribution in [3.8, 4) is 0 Å². The van der Waals surface area contributed by atoms with E-state index in [1.165, 1.54) is 25.7 Å². The molecule has 17 heavy (non-hydrogen) atoms. The Morgan fingerprint density at radius 3 is 3.12 bits per heavy atom. The van der Waals surface area contributed by atoms with E-state index in [0.29, 0.717) is 6.04 Å². The maximum absolute atomic E-state index is 4.45. The van der Waals surface area contributed by atoms with Gasteiger partial charge in [-0.1, -0.05) is 12.5 Å². The lowest BCUT2D eigenvalue weighted by atomic mass is 9.95. The first-order chi connectivity index (χ1) is 8.28. The number of rotatable bonds is 4. The normalized spacial score (nSPS) is 24.8. The van der Waals surface area contributed by atoms with Crippen LogP contribution >= 0.6 is 27.7 Å². The van der Waals surface area contributed by atoms with Crippen molar-refractivity contribution in [3.63, 3.8) is 0 Å². The number of hydrogen-bond acceptors (Lipinski definition) is 3. The second-order valence-electron chi connectivity index (χ2n) is 4.55. The van der Waals surface area contributed by atoms with Crippen molar-refractivity contribution in [3.05, 3.63) is 28.5 Å². The molecule has 1 heterocycles. The Kier molecular flexibility index (Phi) is 5.32. The Morgan fingerprint density at radius 1 is 1.47 bits per heavy atom. The predicted octanol–water partition coefficient (Wildman–Crippen LogP) is 3.61. The Bertz CT molecular complexity index is 359. The van der Waals surface area contributed by atoms with E-state index in [-0.39, 0.29) is 0 Å². The summed E-state index contributed by atoms with van der Waals surface area (Å²) in [6.45, 7) is 0.880. The average Bonchev–Trinajstić information content (AvgIpc) is 2.37. The molecule has 1 saturated carbocycles. The summed E-state index contributed by atoms with van der Waals surface area (Å²) in [5.74, 6) is 0. The molecule has 0 aromatic carbocycles. The van der Waals surface area contributed by atoms with Crippen molar-refractivity contribution in [2.45, 2.75) is 43.5 Å². The zero-order chi connectivity index (χ0) is 12.1. The molecule has 2 atom stereocenters. The average molecular weight is 315 g/mol. The smallest absolute Gasteiger partial charge is 0.106 e. The second kappa shape index (κ2) is 6.76. The highest BCUT2D eigenvalue weighted by Crippen LogP contribution is 2.26. The van der Waals surface area contributed by atoms with Crippen LogP contribution in [0.25, 0.3) is 0 Å². The molecule has 2 unspecified atom stereocenters. The molecular formula is C13H19BrN2S. The third-order valence-corrected chi connectivity index (χ3v) is 4.84. The van der Waals surface area contributed by atoms with Crippen molar-refractivity contribution in [2.75, 3.05) is 6.26 Å². The summed E-state index contributed by atoms with van der Waals surface area (Å²) in [5, 5.41) is 4.48. The van der Waals surface area contributed by atoms with Crippen LogP contribution in [-0.4, -0.2) is 22.5 Å². The Balaban J connectivity index is 1.81. The van der Waals surface area contributed by atoms with Crippen LogP contribution in [0.2, 0.25) is 0 Å². The Hall–Kier alpha value is -0.0600. The first kappa shape index (κ1) is 13.4. The van der Waals surface area contributed by atoms with Gasteiger partial charge in [0.1, 0.15) is 4.60 Å². The third-order valence-electron chi connectivity index (χ3n) is 3.30. The van der Waals surface area contributed by atoms with E-state index in [2.05, 4.69) is 38.6 Å². The summed E-state index contributed by atoms with van der Waals surface area (Å²) < 4.78 is 0.919. The zero-order valence-corrected chi connectivity index (χ0v) is 12.6. The van der Waals surface area contributed by atoms with Crippen molar-refractivity contribution < 1.29 is 0 Å². The molecule has 1 fully saturated rings. The van der Waals surface area contributed by atoms with Gasteiger partial charge < -0.3 is 5.32 Å². The summed E-state index contributed by atoms with van der Waals surface area (Å²) in [7, 11) is 0. The van der Waals surface area contributed by atoms with Gasteiger partial charge in [0.25, 0.3) is 0 Å². The summed E-state index contributed by atoms with van der Waals surface area (Å²) in [4.78, 5) is 4.45. The van der Waals surface area contributed by atoms with E-state index >= 15 is 0 Å². The van der Waals surface area contributed by atoms with Gasteiger partial charge in [0.15, 0.2) is 0 Å². The number of hydrogen-bond donors (Lipinski definition) is 1. The fraction of sp³-hybridized carbons (Fsp3) is 0.615. The molecule has 0 spiro atoms. The monoisotopic (exact) mass is 314 g/mol. The molecule has 2 nitrogen and oxygen atoms in total. The lowest BCUT2D eigenvalue weighted by Crippen LogP contribution is -2.34. The van der Waals surface area contributed by atoms with Gasteiger partial charge in [0.2, 0.25) is 0 Å². The highest BCUT2D eigenvalue weighted by molar-refractivity contribution is 9.10. The standard InChI is InChI=1S/C13H19BrN2S/c1-17-12-6-2-4-10(8-12)15-9-11-5-3-7-13(14)16-11/h3,5,7,10,12,15H,2,4,6,8-9H2,1H3. The van der Waals surface area contributed by atoms with E-state index in [0.717, 1.165) is 22.1 Å². The van der Waals surface area contributed by atoms with E-state index in [4.69, 9.17) is 0 Å². The van der Waals surface area contributed by atoms with Crippen LogP contribution in [0.5, 0.6) is 0 Å². The topological polar surface area (TPSA) is 24.9 Å². The van der Waals surface area contributed by atoms with Gasteiger partial charge in [-0.05, 0) is 53.6 Å². The SMILES string of the molecule is CSC1CCCC(NCc2cccc(Br)n2)C1. The molecule has 0 bridgehead atoms.